The summed E-state index contributed by atoms with van der Waals surface area (Å²) in [6.07, 6.45) is 6.88. The molecule has 1 aromatic carbocycles. The van der Waals surface area contributed by atoms with Crippen LogP contribution in [0.3, 0.4) is 0 Å². The maximum absolute atomic E-state index is 14.0. The first kappa shape index (κ1) is 26.8. The van der Waals surface area contributed by atoms with Crippen LogP contribution in [-0.2, 0) is 14.4 Å². The predicted molar refractivity (Wildman–Crippen MR) is 151 cm³/mol. The molecule has 2 amide bonds. The quantitative estimate of drug-likeness (QED) is 0.194. The van der Waals surface area contributed by atoms with Crippen molar-refractivity contribution in [3.05, 3.63) is 36.0 Å². The van der Waals surface area contributed by atoms with Crippen molar-refractivity contribution in [2.24, 2.45) is 5.92 Å². The molecule has 0 spiro atoms. The van der Waals surface area contributed by atoms with Crippen molar-refractivity contribution in [2.45, 2.75) is 74.8 Å². The zero-order valence-corrected chi connectivity index (χ0v) is 23.6. The van der Waals surface area contributed by atoms with Gasteiger partial charge in [0, 0.05) is 0 Å². The van der Waals surface area contributed by atoms with E-state index < -0.39 is 25.9 Å². The first-order valence-electron chi connectivity index (χ1n) is 13.0. The molecule has 0 radical (unpaired) electrons. The topological polar surface area (TPSA) is 116 Å². The molecular formula is C27H38IN5O3. The van der Waals surface area contributed by atoms with Gasteiger partial charge in [0.25, 0.3) is 0 Å². The molecular weight excluding hydrogens is 569 g/mol. The summed E-state index contributed by atoms with van der Waals surface area (Å²) in [6, 6.07) is 9.03. The number of anilines is 1. The van der Waals surface area contributed by atoms with Crippen LogP contribution in [0.4, 0.5) is 5.82 Å². The molecule has 0 bridgehead atoms. The van der Waals surface area contributed by atoms with Crippen LogP contribution in [0.5, 0.6) is 0 Å². The van der Waals surface area contributed by atoms with E-state index >= 15 is 0 Å². The van der Waals surface area contributed by atoms with Crippen LogP contribution in [0, 0.1) is 12.8 Å². The number of aryl methyl sites for hydroxylation is 1. The average molecular weight is 608 g/mol. The fourth-order valence-corrected chi connectivity index (χ4v) is 12.0. The molecule has 36 heavy (non-hydrogen) atoms. The zero-order valence-electron chi connectivity index (χ0n) is 21.4. The van der Waals surface area contributed by atoms with Crippen LogP contribution in [-0.4, -0.2) is 53.3 Å². The summed E-state index contributed by atoms with van der Waals surface area (Å²) in [6.45, 7) is 3.74. The number of nitrogens with one attached hydrogen (secondary N) is 4. The normalized spacial score (nSPS) is 21.1. The maximum atomic E-state index is 14.0. The Balaban J connectivity index is 1.52. The van der Waals surface area contributed by atoms with Gasteiger partial charge in [0.05, 0.1) is 0 Å². The van der Waals surface area contributed by atoms with E-state index in [4.69, 9.17) is 0 Å². The third kappa shape index (κ3) is 5.99. The first-order chi connectivity index (χ1) is 17.4. The van der Waals surface area contributed by atoms with Gasteiger partial charge >= 0.3 is 221 Å². The van der Waals surface area contributed by atoms with Crippen molar-refractivity contribution in [1.29, 1.82) is 0 Å². The second-order valence-electron chi connectivity index (χ2n) is 9.82. The van der Waals surface area contributed by atoms with Crippen molar-refractivity contribution < 1.29 is 14.4 Å². The van der Waals surface area contributed by atoms with Gasteiger partial charge in [-0.1, -0.05) is 0 Å². The number of carbonyl (C=O) groups excluding carboxylic acids is 3. The molecule has 2 heterocycles. The van der Waals surface area contributed by atoms with Crippen LogP contribution in [0.1, 0.15) is 57.6 Å². The van der Waals surface area contributed by atoms with Crippen LogP contribution in [0.25, 0.3) is 11.1 Å². The number of halogens is 1. The van der Waals surface area contributed by atoms with Gasteiger partial charge in [-0.25, -0.2) is 0 Å². The number of aromatic nitrogens is 2. The molecule has 1 aromatic heterocycles. The second-order valence-corrected chi connectivity index (χ2v) is 15.7. The van der Waals surface area contributed by atoms with Crippen molar-refractivity contribution in [3.63, 3.8) is 0 Å². The molecule has 1 aliphatic heterocycles. The third-order valence-corrected chi connectivity index (χ3v) is 14.3. The number of H-pyrrole nitrogens is 1. The summed E-state index contributed by atoms with van der Waals surface area (Å²) in [4.78, 5) is 40.3. The van der Waals surface area contributed by atoms with Gasteiger partial charge in [-0.15, -0.1) is 0 Å². The van der Waals surface area contributed by atoms with Crippen LogP contribution < -0.4 is 16.0 Å². The van der Waals surface area contributed by atoms with Gasteiger partial charge in [0.2, 0.25) is 0 Å². The Morgan fingerprint density at radius 3 is 2.47 bits per heavy atom. The molecule has 2 aliphatic rings. The van der Waals surface area contributed by atoms with E-state index in [9.17, 15) is 14.4 Å². The Labute approximate surface area is 220 Å². The van der Waals surface area contributed by atoms with Crippen molar-refractivity contribution >= 4 is 41.2 Å². The number of alkyl halides is 2. The number of amides is 2. The predicted octanol–water partition coefficient (Wildman–Crippen LogP) is 4.19. The summed E-state index contributed by atoms with van der Waals surface area (Å²) in [5, 5.41) is 16.5. The molecule has 2 aromatic rings. The van der Waals surface area contributed by atoms with E-state index in [1.165, 1.54) is 6.42 Å². The molecule has 1 aliphatic carbocycles. The third-order valence-electron chi connectivity index (χ3n) is 7.38. The molecule has 8 nitrogen and oxygen atoms in total. The average Bonchev–Trinajstić information content (AvgIpc) is 3.54. The Morgan fingerprint density at radius 1 is 1.06 bits per heavy atom. The molecule has 0 unspecified atom stereocenters. The molecule has 1 saturated heterocycles. The Morgan fingerprint density at radius 2 is 1.78 bits per heavy atom. The van der Waals surface area contributed by atoms with E-state index in [0.717, 1.165) is 59.8 Å². The minimum atomic E-state index is -2.34. The van der Waals surface area contributed by atoms with E-state index in [-0.39, 0.29) is 31.5 Å². The number of aromatic amines is 1. The summed E-state index contributed by atoms with van der Waals surface area (Å²) in [5.74, 6) is 0.433. The Bertz CT molecular complexity index is 1070. The molecule has 9 heteroatoms. The monoisotopic (exact) mass is 607 g/mol. The summed E-state index contributed by atoms with van der Waals surface area (Å²) < 4.78 is 0.723. The van der Waals surface area contributed by atoms with Gasteiger partial charge in [-0.2, -0.15) is 0 Å². The van der Waals surface area contributed by atoms with E-state index in [1.807, 2.05) is 37.3 Å². The number of hydrogen-bond acceptors (Lipinski definition) is 5. The minimum absolute atomic E-state index is 0.105. The Hall–Kier alpha value is -2.27. The number of hydrogen-bond donors (Lipinski definition) is 4. The molecule has 1 saturated carbocycles. The van der Waals surface area contributed by atoms with Crippen LogP contribution in [0.2, 0.25) is 0 Å². The van der Waals surface area contributed by atoms with Crippen LogP contribution in [0.15, 0.2) is 30.3 Å². The van der Waals surface area contributed by atoms with Gasteiger partial charge in [0.1, 0.15) is 0 Å². The van der Waals surface area contributed by atoms with Gasteiger partial charge in [-0.05, 0) is 0 Å². The SMILES string of the molecule is CN[C@@H](C)C(=O)N[C@H](C(=O)I1CCC[C@H]1C(=O)Nc1n[nH]c(C)c1-c1ccccc1)C1CCCCC1. The molecule has 4 rings (SSSR count). The zero-order chi connectivity index (χ0) is 25.7. The van der Waals surface area contributed by atoms with Gasteiger partial charge < -0.3 is 0 Å². The van der Waals surface area contributed by atoms with E-state index in [2.05, 4.69) is 26.1 Å². The van der Waals surface area contributed by atoms with Gasteiger partial charge in [0.15, 0.2) is 0 Å². The molecule has 2 fully saturated rings. The summed E-state index contributed by atoms with van der Waals surface area (Å²) in [5.41, 5.74) is 2.74. The molecule has 3 atom stereocenters. The van der Waals surface area contributed by atoms with Crippen molar-refractivity contribution in [1.82, 2.24) is 20.8 Å². The van der Waals surface area contributed by atoms with Crippen LogP contribution >= 0.6 is 19.8 Å². The number of nitrogens with zero attached hydrogens (tertiary/aromatic N) is 1. The second kappa shape index (κ2) is 12.3. The van der Waals surface area contributed by atoms with E-state index in [1.54, 1.807) is 14.0 Å². The standard InChI is InChI=1S/C27H38IN5O3/c1-17-22(19-11-6-4-7-12-19)25(33-32-17)31-27(36)21-15-10-16-28(21)24(34)23(20-13-8-5-9-14-20)30-26(35)18(2)29-3/h4,6-7,11-12,18,20-21,23,29H,5,8-10,13-16H2,1-3H3,(H,30,35)(H2,31,32,33,36)/t18-,21-,23-/m0/s1. The Kier molecular flexibility index (Phi) is 9.16. The molecule has 4 N–H and O–H groups in total. The number of likely N-dealkylation sites (N-methyl/N-ethyl adjacent to an activating group) is 1. The van der Waals surface area contributed by atoms with E-state index in [0.29, 0.717) is 5.82 Å². The fourth-order valence-electron chi connectivity index (χ4n) is 5.20. The van der Waals surface area contributed by atoms with Gasteiger partial charge in [-0.3, -0.25) is 0 Å². The van der Waals surface area contributed by atoms with Crippen molar-refractivity contribution in [3.8, 4) is 11.1 Å². The first-order valence-corrected chi connectivity index (χ1v) is 16.8. The fraction of sp³-hybridized carbons (Fsp3) is 0.556. The summed E-state index contributed by atoms with van der Waals surface area (Å²) in [7, 11) is 1.75. The summed E-state index contributed by atoms with van der Waals surface area (Å²) >= 11 is -2.34. The van der Waals surface area contributed by atoms with Crippen molar-refractivity contribution in [2.75, 3.05) is 16.8 Å². The molecule has 196 valence electrons. The number of benzene rings is 1. The number of carbonyl (C=O) groups is 3. The number of rotatable bonds is 9.